The highest BCUT2D eigenvalue weighted by Gasteiger charge is 2.31. The molecule has 10 rings (SSSR count). The van der Waals surface area contributed by atoms with Crippen molar-refractivity contribution in [3.05, 3.63) is 66.4 Å². The topological polar surface area (TPSA) is 217 Å². The summed E-state index contributed by atoms with van der Waals surface area (Å²) in [5, 5.41) is 17.2. The molecule has 0 saturated heterocycles. The molecule has 5 aliphatic rings. The lowest BCUT2D eigenvalue weighted by atomic mass is 9.89. The molecule has 2 amide bonds. The van der Waals surface area contributed by atoms with E-state index in [2.05, 4.69) is 51.3 Å². The number of halogens is 1. The van der Waals surface area contributed by atoms with Crippen molar-refractivity contribution < 1.29 is 28.7 Å². The molecule has 2 aromatic carbocycles. The number of carbonyl (C=O) groups excluding carboxylic acids is 4. The summed E-state index contributed by atoms with van der Waals surface area (Å²) in [6.07, 6.45) is 21.0. The summed E-state index contributed by atoms with van der Waals surface area (Å²) in [6.45, 7) is 0.677. The van der Waals surface area contributed by atoms with Gasteiger partial charge in [-0.1, -0.05) is 38.5 Å². The summed E-state index contributed by atoms with van der Waals surface area (Å²) in [6, 6.07) is 11.1. The number of rotatable bonds is 12. The molecular formula is C47H54ClN11O6. The SMILES string of the molecule is COc1cc2c(cc1Nc1cc(NC(=O)C3CC3)ncn1)C=NC2.COc1cc2c(cnn2C(=O)C2CCCCC2)cc1Nc1cc(NC(=O)C2CC2)ncn1.O=C(Cl)C1CCCCC1. The average molecular weight is 904 g/mol. The number of benzene rings is 2. The zero-order chi connectivity index (χ0) is 45.3. The van der Waals surface area contributed by atoms with E-state index in [1.54, 1.807) is 32.5 Å². The van der Waals surface area contributed by atoms with Gasteiger partial charge >= 0.3 is 0 Å². The number of nitrogens with one attached hydrogen (secondary N) is 4. The first-order chi connectivity index (χ1) is 31.6. The fourth-order valence-electron chi connectivity index (χ4n) is 8.17. The van der Waals surface area contributed by atoms with Crippen LogP contribution in [0.15, 0.2) is 60.2 Å². The third-order valence-electron chi connectivity index (χ3n) is 12.2. The first kappa shape index (κ1) is 45.1. The van der Waals surface area contributed by atoms with Crippen LogP contribution in [0.3, 0.4) is 0 Å². The van der Waals surface area contributed by atoms with Gasteiger partial charge in [0.05, 0.1) is 43.9 Å². The van der Waals surface area contributed by atoms with Crippen molar-refractivity contribution in [3.63, 3.8) is 0 Å². The fraction of sp³-hybridized carbons (Fsp3) is 0.447. The molecule has 0 atom stereocenters. The summed E-state index contributed by atoms with van der Waals surface area (Å²) in [5.41, 5.74) is 4.40. The van der Waals surface area contributed by atoms with Gasteiger partial charge in [0, 0.05) is 53.5 Å². The number of nitrogens with zero attached hydrogens (tertiary/aromatic N) is 7. The molecule has 17 nitrogen and oxygen atoms in total. The van der Waals surface area contributed by atoms with Crippen LogP contribution in [0.5, 0.6) is 11.5 Å². The zero-order valence-corrected chi connectivity index (χ0v) is 37.4. The van der Waals surface area contributed by atoms with Gasteiger partial charge in [-0.15, -0.1) is 0 Å². The standard InChI is InChI=1S/C23H26N6O3.C17H17N5O2.C7H11ClO/c1-32-19-10-18-16(12-26-29(18)23(31)15-5-3-2-4-6-15)9-17(19)27-20-11-21(25-13-24-20)28-22(30)14-7-8-14;1-24-14-5-12-8-18-7-11(12)4-13(14)21-15-6-16(20-9-19-15)22-17(23)10-2-3-10;8-7(9)6-4-2-1-3-5-6/h9-15H,2-8H2,1H3,(H2,24,25,27,28,30);4-7,9-10H,2-3,8H2,1H3,(H2,19,20,21,22,23);6H,1-5H2. The Morgan fingerprint density at radius 2 is 1.14 bits per heavy atom. The van der Waals surface area contributed by atoms with E-state index in [-0.39, 0.29) is 46.6 Å². The monoisotopic (exact) mass is 903 g/mol. The highest BCUT2D eigenvalue weighted by molar-refractivity contribution is 6.64. The van der Waals surface area contributed by atoms with Crippen molar-refractivity contribution in [3.8, 4) is 11.5 Å². The summed E-state index contributed by atoms with van der Waals surface area (Å²) in [4.78, 5) is 68.4. The van der Waals surface area contributed by atoms with Crippen molar-refractivity contribution in [1.29, 1.82) is 0 Å². The number of ether oxygens (including phenoxy) is 2. The molecule has 340 valence electrons. The van der Waals surface area contributed by atoms with Crippen molar-refractivity contribution in [2.45, 2.75) is 96.4 Å². The normalized spacial score (nSPS) is 16.8. The molecule has 0 unspecified atom stereocenters. The summed E-state index contributed by atoms with van der Waals surface area (Å²) < 4.78 is 12.5. The molecule has 65 heavy (non-hydrogen) atoms. The minimum absolute atomic E-state index is 0.0105. The number of amides is 2. The highest BCUT2D eigenvalue weighted by atomic mass is 35.5. The number of hydrogen-bond acceptors (Lipinski definition) is 14. The number of hydrogen-bond donors (Lipinski definition) is 4. The number of anilines is 6. The van der Waals surface area contributed by atoms with Gasteiger partial charge in [-0.05, 0) is 92.3 Å². The maximum Gasteiger partial charge on any atom is 0.250 e. The molecular weight excluding hydrogens is 850 g/mol. The van der Waals surface area contributed by atoms with Crippen molar-refractivity contribution in [1.82, 2.24) is 29.7 Å². The predicted molar refractivity (Wildman–Crippen MR) is 249 cm³/mol. The van der Waals surface area contributed by atoms with Gasteiger partial charge in [0.15, 0.2) is 0 Å². The Bertz CT molecular complexity index is 2560. The van der Waals surface area contributed by atoms with Gasteiger partial charge < -0.3 is 30.7 Å². The Hall–Kier alpha value is -6.49. The minimum Gasteiger partial charge on any atom is -0.495 e. The van der Waals surface area contributed by atoms with Crippen molar-refractivity contribution >= 4 is 86.3 Å². The molecule has 18 heteroatoms. The average Bonchev–Trinajstić information content (AvgIpc) is 4.27. The second-order valence-corrected chi connectivity index (χ2v) is 17.4. The third kappa shape index (κ3) is 11.8. The summed E-state index contributed by atoms with van der Waals surface area (Å²) in [7, 11) is 3.21. The largest absolute Gasteiger partial charge is 0.495 e. The van der Waals surface area contributed by atoms with Crippen molar-refractivity contribution in [2.24, 2.45) is 28.7 Å². The molecule has 1 aliphatic heterocycles. The molecule has 4 N–H and O–H groups in total. The number of carbonyl (C=O) groups is 4. The second kappa shape index (κ2) is 21.0. The van der Waals surface area contributed by atoms with Crippen LogP contribution in [0.1, 0.15) is 106 Å². The van der Waals surface area contributed by atoms with E-state index in [1.807, 2.05) is 30.5 Å². The van der Waals surface area contributed by atoms with Crippen LogP contribution in [0.25, 0.3) is 10.9 Å². The number of methoxy groups -OCH3 is 2. The number of fused-ring (bicyclic) bond motifs is 2. The predicted octanol–water partition coefficient (Wildman–Crippen LogP) is 8.99. The second-order valence-electron chi connectivity index (χ2n) is 17.1. The van der Waals surface area contributed by atoms with E-state index in [0.29, 0.717) is 41.3 Å². The molecule has 0 radical (unpaired) electrons. The van der Waals surface area contributed by atoms with Crippen LogP contribution in [-0.2, 0) is 20.9 Å². The van der Waals surface area contributed by atoms with Gasteiger partial charge in [-0.2, -0.15) is 9.78 Å². The Balaban J connectivity index is 0.000000153. The Labute approximate surface area is 382 Å². The van der Waals surface area contributed by atoms with E-state index < -0.39 is 0 Å². The van der Waals surface area contributed by atoms with E-state index in [9.17, 15) is 19.2 Å². The maximum absolute atomic E-state index is 13.0. The zero-order valence-electron chi connectivity index (χ0n) is 36.6. The fourth-order valence-corrected chi connectivity index (χ4v) is 8.38. The first-order valence-corrected chi connectivity index (χ1v) is 22.8. The smallest absolute Gasteiger partial charge is 0.250 e. The Kier molecular flexibility index (Phi) is 14.6. The molecule has 4 aliphatic carbocycles. The Morgan fingerprint density at radius 3 is 1.66 bits per heavy atom. The minimum atomic E-state index is -0.130. The van der Waals surface area contributed by atoms with Crippen LogP contribution >= 0.6 is 11.6 Å². The lowest BCUT2D eigenvalue weighted by Crippen LogP contribution is -2.24. The molecule has 4 heterocycles. The quantitative estimate of drug-likeness (QED) is 0.0861. The lowest BCUT2D eigenvalue weighted by Gasteiger charge is -2.20. The van der Waals surface area contributed by atoms with Crippen LogP contribution in [-0.4, -0.2) is 73.1 Å². The van der Waals surface area contributed by atoms with Gasteiger partial charge in [0.1, 0.15) is 47.4 Å². The van der Waals surface area contributed by atoms with E-state index >= 15 is 0 Å². The molecule has 3 aromatic heterocycles. The van der Waals surface area contributed by atoms with Gasteiger partial charge in [0.25, 0.3) is 5.91 Å². The van der Waals surface area contributed by atoms with Crippen LogP contribution in [0.4, 0.5) is 34.6 Å². The molecule has 0 bridgehead atoms. The van der Waals surface area contributed by atoms with Gasteiger partial charge in [0.2, 0.25) is 17.1 Å². The third-order valence-corrected chi connectivity index (χ3v) is 12.5. The molecule has 4 saturated carbocycles. The first-order valence-electron chi connectivity index (χ1n) is 22.5. The van der Waals surface area contributed by atoms with Crippen LogP contribution < -0.4 is 30.7 Å². The number of aliphatic imine (C=N–C) groups is 1. The van der Waals surface area contributed by atoms with Gasteiger partial charge in [-0.25, -0.2) is 19.9 Å². The van der Waals surface area contributed by atoms with E-state index in [0.717, 1.165) is 97.7 Å². The lowest BCUT2D eigenvalue weighted by molar-refractivity contribution is -0.118. The number of aromatic nitrogens is 6. The van der Waals surface area contributed by atoms with Gasteiger partial charge in [-0.3, -0.25) is 24.2 Å². The van der Waals surface area contributed by atoms with Crippen LogP contribution in [0, 0.1) is 23.7 Å². The van der Waals surface area contributed by atoms with E-state index in [4.69, 9.17) is 21.1 Å². The van der Waals surface area contributed by atoms with Crippen molar-refractivity contribution in [2.75, 3.05) is 35.5 Å². The maximum atomic E-state index is 13.0. The highest BCUT2D eigenvalue weighted by Crippen LogP contribution is 2.36. The Morgan fingerprint density at radius 1 is 0.615 bits per heavy atom. The summed E-state index contributed by atoms with van der Waals surface area (Å²) >= 11 is 5.32. The molecule has 0 spiro atoms. The van der Waals surface area contributed by atoms with Crippen LogP contribution in [0.2, 0.25) is 0 Å². The summed E-state index contributed by atoms with van der Waals surface area (Å²) in [5.74, 6) is 3.84. The molecule has 5 aromatic rings. The van der Waals surface area contributed by atoms with E-state index in [1.165, 1.54) is 43.0 Å². The molecule has 4 fully saturated rings.